The largest absolute Gasteiger partial charge is 0.484 e. The van der Waals surface area contributed by atoms with Crippen molar-refractivity contribution in [3.8, 4) is 16.3 Å². The minimum absolute atomic E-state index is 0.0773. The molecule has 1 heterocycles. The van der Waals surface area contributed by atoms with E-state index in [4.69, 9.17) is 0 Å². The van der Waals surface area contributed by atoms with Gasteiger partial charge in [-0.3, -0.25) is 4.79 Å². The number of hydrogen-bond acceptors (Lipinski definition) is 4. The third-order valence-electron chi connectivity index (χ3n) is 3.51. The summed E-state index contributed by atoms with van der Waals surface area (Å²) in [6.45, 7) is -1.36. The Morgan fingerprint density at radius 3 is 2.61 bits per heavy atom. The van der Waals surface area contributed by atoms with Gasteiger partial charge in [0, 0.05) is 21.1 Å². The number of amides is 1. The summed E-state index contributed by atoms with van der Waals surface area (Å²) >= 11 is 4.86. The van der Waals surface area contributed by atoms with E-state index in [9.17, 15) is 18.0 Å². The fraction of sp³-hybridized carbons (Fsp3) is 0.158. The molecule has 1 aromatic heterocycles. The molecule has 146 valence electrons. The molecular weight excluding hydrogens is 457 g/mol. The van der Waals surface area contributed by atoms with Crippen LogP contribution in [0.15, 0.2) is 58.4 Å². The highest BCUT2D eigenvalue weighted by atomic mass is 79.9. The van der Waals surface area contributed by atoms with Crippen LogP contribution >= 0.6 is 27.3 Å². The van der Waals surface area contributed by atoms with Crippen LogP contribution in [0.2, 0.25) is 0 Å². The maximum absolute atomic E-state index is 12.2. The Morgan fingerprint density at radius 2 is 1.93 bits per heavy atom. The summed E-state index contributed by atoms with van der Waals surface area (Å²) in [6.07, 6.45) is -4.30. The molecule has 28 heavy (non-hydrogen) atoms. The number of carbonyl (C=O) groups excluding carboxylic acids is 1. The second kappa shape index (κ2) is 8.74. The van der Waals surface area contributed by atoms with Gasteiger partial charge in [-0.1, -0.05) is 28.1 Å². The number of halogens is 4. The van der Waals surface area contributed by atoms with Gasteiger partial charge >= 0.3 is 6.18 Å². The van der Waals surface area contributed by atoms with E-state index in [-0.39, 0.29) is 18.1 Å². The van der Waals surface area contributed by atoms with Crippen molar-refractivity contribution in [1.29, 1.82) is 0 Å². The minimum Gasteiger partial charge on any atom is -0.484 e. The zero-order chi connectivity index (χ0) is 20.1. The number of thiazole rings is 1. The van der Waals surface area contributed by atoms with Crippen LogP contribution in [0.25, 0.3) is 10.6 Å². The number of nitrogens with one attached hydrogen (secondary N) is 1. The van der Waals surface area contributed by atoms with Gasteiger partial charge < -0.3 is 10.1 Å². The first-order valence-electron chi connectivity index (χ1n) is 8.08. The van der Waals surface area contributed by atoms with Crippen LogP contribution in [-0.4, -0.2) is 23.7 Å². The van der Waals surface area contributed by atoms with Gasteiger partial charge in [-0.05, 0) is 36.4 Å². The van der Waals surface area contributed by atoms with Crippen molar-refractivity contribution in [2.75, 3.05) is 11.9 Å². The molecule has 3 aromatic rings. The van der Waals surface area contributed by atoms with E-state index in [0.29, 0.717) is 11.4 Å². The van der Waals surface area contributed by atoms with Crippen LogP contribution in [0.5, 0.6) is 5.75 Å². The number of alkyl halides is 3. The Balaban J connectivity index is 1.56. The summed E-state index contributed by atoms with van der Waals surface area (Å²) in [5.74, 6) is -0.191. The van der Waals surface area contributed by atoms with Crippen LogP contribution in [0.4, 0.5) is 18.9 Å². The number of anilines is 1. The molecule has 3 rings (SSSR count). The fourth-order valence-electron chi connectivity index (χ4n) is 2.31. The molecule has 4 nitrogen and oxygen atoms in total. The molecule has 0 aliphatic carbocycles. The topological polar surface area (TPSA) is 51.2 Å². The molecule has 1 N–H and O–H groups in total. The third-order valence-corrected chi connectivity index (χ3v) is 4.94. The van der Waals surface area contributed by atoms with Crippen LogP contribution in [0, 0.1) is 0 Å². The minimum atomic E-state index is -4.39. The first kappa shape index (κ1) is 20.3. The number of carbonyl (C=O) groups is 1. The molecule has 0 fully saturated rings. The van der Waals surface area contributed by atoms with Gasteiger partial charge in [-0.15, -0.1) is 11.3 Å². The van der Waals surface area contributed by atoms with Crippen molar-refractivity contribution in [3.05, 3.63) is 64.1 Å². The molecule has 0 saturated carbocycles. The van der Waals surface area contributed by atoms with Crippen LogP contribution < -0.4 is 10.1 Å². The van der Waals surface area contributed by atoms with Gasteiger partial charge in [-0.25, -0.2) is 4.98 Å². The molecular formula is C19H14BrF3N2O2S. The smallest absolute Gasteiger partial charge is 0.422 e. The van der Waals surface area contributed by atoms with Gasteiger partial charge in [-0.2, -0.15) is 13.2 Å². The molecule has 0 bridgehead atoms. The van der Waals surface area contributed by atoms with Crippen molar-refractivity contribution in [2.45, 2.75) is 12.6 Å². The average Bonchev–Trinajstić information content (AvgIpc) is 3.09. The van der Waals surface area contributed by atoms with E-state index in [1.54, 1.807) is 0 Å². The molecule has 1 amide bonds. The van der Waals surface area contributed by atoms with E-state index in [2.05, 4.69) is 31.0 Å². The zero-order valence-electron chi connectivity index (χ0n) is 14.3. The van der Waals surface area contributed by atoms with E-state index in [1.807, 2.05) is 29.6 Å². The van der Waals surface area contributed by atoms with Crippen molar-refractivity contribution < 1.29 is 22.7 Å². The first-order valence-corrected chi connectivity index (χ1v) is 9.75. The van der Waals surface area contributed by atoms with E-state index in [0.717, 1.165) is 15.0 Å². The Bertz CT molecular complexity index is 958. The highest BCUT2D eigenvalue weighted by molar-refractivity contribution is 9.10. The van der Waals surface area contributed by atoms with Crippen LogP contribution in [-0.2, 0) is 11.2 Å². The van der Waals surface area contributed by atoms with Crippen LogP contribution in [0.3, 0.4) is 0 Å². The second-order valence-electron chi connectivity index (χ2n) is 5.81. The normalized spacial score (nSPS) is 11.3. The SMILES string of the molecule is O=C(Cc1csc(-c2cccc(Br)c2)n1)Nc1ccc(OCC(F)(F)F)cc1. The van der Waals surface area contributed by atoms with Gasteiger partial charge in [0.1, 0.15) is 10.8 Å². The highest BCUT2D eigenvalue weighted by Gasteiger charge is 2.28. The number of ether oxygens (including phenoxy) is 1. The van der Waals surface area contributed by atoms with E-state index in [1.165, 1.54) is 35.6 Å². The van der Waals surface area contributed by atoms with Crippen molar-refractivity contribution in [1.82, 2.24) is 4.98 Å². The monoisotopic (exact) mass is 470 g/mol. The Morgan fingerprint density at radius 1 is 1.18 bits per heavy atom. The summed E-state index contributed by atoms with van der Waals surface area (Å²) in [4.78, 5) is 16.7. The fourth-order valence-corrected chi connectivity index (χ4v) is 3.53. The van der Waals surface area contributed by atoms with Crippen molar-refractivity contribution in [2.24, 2.45) is 0 Å². The lowest BCUT2D eigenvalue weighted by Crippen LogP contribution is -2.19. The first-order chi connectivity index (χ1) is 13.3. The van der Waals surface area contributed by atoms with Crippen molar-refractivity contribution >= 4 is 38.9 Å². The predicted molar refractivity (Wildman–Crippen MR) is 106 cm³/mol. The molecule has 0 radical (unpaired) electrons. The van der Waals surface area contributed by atoms with Crippen molar-refractivity contribution in [3.63, 3.8) is 0 Å². The maximum Gasteiger partial charge on any atom is 0.422 e. The molecule has 0 aliphatic rings. The highest BCUT2D eigenvalue weighted by Crippen LogP contribution is 2.26. The van der Waals surface area contributed by atoms with E-state index >= 15 is 0 Å². The number of hydrogen-bond donors (Lipinski definition) is 1. The van der Waals surface area contributed by atoms with Crippen LogP contribution in [0.1, 0.15) is 5.69 Å². The number of benzene rings is 2. The second-order valence-corrected chi connectivity index (χ2v) is 7.58. The molecule has 2 aromatic carbocycles. The predicted octanol–water partition coefficient (Wildman–Crippen LogP) is 5.69. The standard InChI is InChI=1S/C19H14BrF3N2O2S/c20-13-3-1-2-12(8-13)18-25-15(10-28-18)9-17(26)24-14-4-6-16(7-5-14)27-11-19(21,22)23/h1-8,10H,9,11H2,(H,24,26). The number of aromatic nitrogens is 1. The molecule has 0 unspecified atom stereocenters. The third kappa shape index (κ3) is 6.07. The lowest BCUT2D eigenvalue weighted by molar-refractivity contribution is -0.153. The Hall–Kier alpha value is -2.39. The number of rotatable bonds is 6. The summed E-state index contributed by atoms with van der Waals surface area (Å²) in [5, 5.41) is 5.33. The quantitative estimate of drug-likeness (QED) is 0.502. The van der Waals surface area contributed by atoms with Gasteiger partial charge in [0.2, 0.25) is 5.91 Å². The van der Waals surface area contributed by atoms with Gasteiger partial charge in [0.25, 0.3) is 0 Å². The summed E-state index contributed by atoms with van der Waals surface area (Å²) < 4.78 is 42.0. The zero-order valence-corrected chi connectivity index (χ0v) is 16.7. The summed E-state index contributed by atoms with van der Waals surface area (Å²) in [6, 6.07) is 13.4. The molecule has 0 spiro atoms. The summed E-state index contributed by atoms with van der Waals surface area (Å²) in [5.41, 5.74) is 2.06. The van der Waals surface area contributed by atoms with Gasteiger partial charge in [0.15, 0.2) is 6.61 Å². The lowest BCUT2D eigenvalue weighted by Gasteiger charge is -2.10. The molecule has 0 atom stereocenters. The maximum atomic E-state index is 12.2. The Labute approximate surface area is 171 Å². The summed E-state index contributed by atoms with van der Waals surface area (Å²) in [7, 11) is 0. The molecule has 0 saturated heterocycles. The molecule has 9 heteroatoms. The molecule has 0 aliphatic heterocycles. The lowest BCUT2D eigenvalue weighted by atomic mass is 10.2. The average molecular weight is 471 g/mol. The Kier molecular flexibility index (Phi) is 6.35. The van der Waals surface area contributed by atoms with E-state index < -0.39 is 12.8 Å². The van der Waals surface area contributed by atoms with Gasteiger partial charge in [0.05, 0.1) is 12.1 Å². The number of nitrogens with zero attached hydrogens (tertiary/aromatic N) is 1.